The van der Waals surface area contributed by atoms with Crippen LogP contribution in [0, 0.1) is 5.92 Å². The number of piperazine rings is 1. The van der Waals surface area contributed by atoms with Crippen molar-refractivity contribution in [1.29, 1.82) is 0 Å². The Morgan fingerprint density at radius 3 is 2.67 bits per heavy atom. The molecule has 4 fully saturated rings. The average molecular weight is 588 g/mol. The second-order valence-corrected chi connectivity index (χ2v) is 12.8. The van der Waals surface area contributed by atoms with Crippen LogP contribution in [0.15, 0.2) is 48.5 Å². The fourth-order valence-electron chi connectivity index (χ4n) is 8.18. The van der Waals surface area contributed by atoms with Gasteiger partial charge in [0.05, 0.1) is 5.92 Å². The number of ether oxygens (including phenoxy) is 1. The van der Waals surface area contributed by atoms with Crippen molar-refractivity contribution >= 4 is 29.2 Å². The molecule has 4 N–H and O–H groups in total. The van der Waals surface area contributed by atoms with Crippen molar-refractivity contribution in [2.45, 2.75) is 74.7 Å². The predicted molar refractivity (Wildman–Crippen MR) is 155 cm³/mol. The van der Waals surface area contributed by atoms with Gasteiger partial charge in [-0.3, -0.25) is 28.8 Å². The van der Waals surface area contributed by atoms with Crippen LogP contribution in [0.4, 0.5) is 5.69 Å². The lowest BCUT2D eigenvalue weighted by atomic mass is 9.71. The molecule has 0 aromatic heterocycles. The molecule has 11 heteroatoms. The molecule has 226 valence electrons. The van der Waals surface area contributed by atoms with E-state index in [0.717, 1.165) is 11.1 Å². The first-order valence-corrected chi connectivity index (χ1v) is 15.1. The number of nitrogens with one attached hydrogen (secondary N) is 1. The van der Waals surface area contributed by atoms with E-state index in [2.05, 4.69) is 5.32 Å². The van der Waals surface area contributed by atoms with Crippen molar-refractivity contribution in [2.75, 3.05) is 25.9 Å². The molecule has 11 nitrogen and oxygen atoms in total. The van der Waals surface area contributed by atoms with Gasteiger partial charge in [-0.15, -0.1) is 0 Å². The number of ketones is 1. The lowest BCUT2D eigenvalue weighted by molar-refractivity contribution is -0.315. The summed E-state index contributed by atoms with van der Waals surface area (Å²) in [5.41, 5.74) is 6.97. The Morgan fingerprint density at radius 1 is 1.14 bits per heavy atom. The van der Waals surface area contributed by atoms with Crippen LogP contribution in [0.3, 0.4) is 0 Å². The molecule has 7 atom stereocenters. The van der Waals surface area contributed by atoms with Gasteiger partial charge in [-0.2, -0.15) is 0 Å². The number of fused-ring (bicyclic) bond motifs is 6. The molecule has 3 amide bonds. The zero-order chi connectivity index (χ0) is 30.3. The molecule has 7 unspecified atom stereocenters. The number of carbonyl (C=O) groups excluding carboxylic acids is 4. The SMILES string of the molecule is CN1CC(C(=O)NC2(C)OC3(O)C4CCCN4C(=O)C(Cc4ccccc4)N3C2=O)CC2c3cccc(N)c3C(=O)CC21. The summed E-state index contributed by atoms with van der Waals surface area (Å²) in [5, 5.41) is 14.9. The first kappa shape index (κ1) is 28.0. The van der Waals surface area contributed by atoms with Gasteiger partial charge in [-0.25, -0.2) is 0 Å². The minimum absolute atomic E-state index is 0.00650. The Balaban J connectivity index is 1.16. The Kier molecular flexibility index (Phi) is 6.42. The van der Waals surface area contributed by atoms with E-state index >= 15 is 0 Å². The van der Waals surface area contributed by atoms with Gasteiger partial charge in [0, 0.05) is 49.1 Å². The third-order valence-electron chi connectivity index (χ3n) is 10.2. The van der Waals surface area contributed by atoms with Crippen LogP contribution in [0.1, 0.15) is 60.0 Å². The van der Waals surface area contributed by atoms with E-state index in [1.807, 2.05) is 54.4 Å². The average Bonchev–Trinajstić information content (AvgIpc) is 3.55. The minimum atomic E-state index is -2.07. The number of benzene rings is 2. The second-order valence-electron chi connectivity index (χ2n) is 12.8. The Labute approximate surface area is 249 Å². The fraction of sp³-hybridized carbons (Fsp3) is 0.500. The van der Waals surface area contributed by atoms with Crippen molar-refractivity contribution in [3.63, 3.8) is 0 Å². The highest BCUT2D eigenvalue weighted by Crippen LogP contribution is 2.47. The lowest BCUT2D eigenvalue weighted by Crippen LogP contribution is -2.71. The van der Waals surface area contributed by atoms with E-state index in [9.17, 15) is 24.3 Å². The van der Waals surface area contributed by atoms with Crippen LogP contribution in [-0.2, 0) is 25.5 Å². The monoisotopic (exact) mass is 587 g/mol. The minimum Gasteiger partial charge on any atom is -0.398 e. The largest absolute Gasteiger partial charge is 0.398 e. The quantitative estimate of drug-likeness (QED) is 0.453. The number of piperidine rings is 1. The molecular formula is C32H37N5O6. The van der Waals surface area contributed by atoms with Gasteiger partial charge in [-0.1, -0.05) is 42.5 Å². The molecule has 4 saturated heterocycles. The smallest absolute Gasteiger partial charge is 0.280 e. The maximum Gasteiger partial charge on any atom is 0.280 e. The van der Waals surface area contributed by atoms with Gasteiger partial charge in [0.15, 0.2) is 5.78 Å². The lowest BCUT2D eigenvalue weighted by Gasteiger charge is -2.48. The Bertz CT molecular complexity index is 1520. The summed E-state index contributed by atoms with van der Waals surface area (Å²) in [6.45, 7) is 2.32. The fourth-order valence-corrected chi connectivity index (χ4v) is 8.18. The topological polar surface area (TPSA) is 146 Å². The number of nitrogen functional groups attached to an aromatic ring is 1. The molecule has 4 aliphatic heterocycles. The summed E-state index contributed by atoms with van der Waals surface area (Å²) in [6.07, 6.45) is 2.16. The van der Waals surface area contributed by atoms with E-state index in [1.54, 1.807) is 11.0 Å². The van der Waals surface area contributed by atoms with Gasteiger partial charge in [0.1, 0.15) is 12.1 Å². The number of amides is 3. The predicted octanol–water partition coefficient (Wildman–Crippen LogP) is 1.21. The molecule has 0 saturated carbocycles. The number of rotatable bonds is 4. The van der Waals surface area contributed by atoms with Crippen molar-refractivity contribution in [3.8, 4) is 0 Å². The zero-order valence-electron chi connectivity index (χ0n) is 24.4. The first-order chi connectivity index (χ1) is 20.5. The van der Waals surface area contributed by atoms with E-state index in [1.165, 1.54) is 11.8 Å². The van der Waals surface area contributed by atoms with Crippen molar-refractivity contribution in [2.24, 2.45) is 5.92 Å². The van der Waals surface area contributed by atoms with Crippen LogP contribution in [0.25, 0.3) is 0 Å². The van der Waals surface area contributed by atoms with Gasteiger partial charge in [0.25, 0.3) is 11.8 Å². The molecule has 4 heterocycles. The van der Waals surface area contributed by atoms with Crippen LogP contribution in [-0.4, -0.2) is 93.2 Å². The van der Waals surface area contributed by atoms with E-state index in [0.29, 0.717) is 50.0 Å². The van der Waals surface area contributed by atoms with Crippen LogP contribution < -0.4 is 11.1 Å². The number of Topliss-reactive ketones (excluding diaryl/α,β-unsaturated/α-hetero) is 1. The van der Waals surface area contributed by atoms with Crippen molar-refractivity contribution < 1.29 is 29.0 Å². The molecule has 5 aliphatic rings. The number of likely N-dealkylation sites (N-methyl/N-ethyl adjacent to an activating group) is 1. The number of nitrogens with zero attached hydrogens (tertiary/aromatic N) is 3. The molecule has 2 aromatic rings. The first-order valence-electron chi connectivity index (χ1n) is 15.1. The number of aliphatic hydroxyl groups is 1. The number of carbonyl (C=O) groups is 4. The Morgan fingerprint density at radius 2 is 1.91 bits per heavy atom. The molecule has 0 bridgehead atoms. The van der Waals surface area contributed by atoms with E-state index in [-0.39, 0.29) is 36.0 Å². The molecule has 1 aliphatic carbocycles. The second kappa shape index (κ2) is 9.87. The van der Waals surface area contributed by atoms with E-state index < -0.39 is 35.5 Å². The van der Waals surface area contributed by atoms with Gasteiger partial charge in [0.2, 0.25) is 17.5 Å². The van der Waals surface area contributed by atoms with Crippen LogP contribution >= 0.6 is 0 Å². The molecule has 0 radical (unpaired) electrons. The summed E-state index contributed by atoms with van der Waals surface area (Å²) >= 11 is 0. The van der Waals surface area contributed by atoms with Crippen LogP contribution in [0.2, 0.25) is 0 Å². The van der Waals surface area contributed by atoms with Gasteiger partial charge < -0.3 is 26.0 Å². The Hall–Kier alpha value is -3.80. The maximum absolute atomic E-state index is 14.1. The molecular weight excluding hydrogens is 550 g/mol. The third-order valence-corrected chi connectivity index (χ3v) is 10.2. The number of hydrogen-bond donors (Lipinski definition) is 3. The molecule has 0 spiro atoms. The number of likely N-dealkylation sites (tertiary alicyclic amines) is 1. The zero-order valence-corrected chi connectivity index (χ0v) is 24.4. The van der Waals surface area contributed by atoms with Crippen LogP contribution in [0.5, 0.6) is 0 Å². The standard InChI is InChI=1S/C32H37N5O6/c1-31(34-28(39)19-15-21-20-10-6-11-22(33)27(20)25(38)16-23(21)35(2)17-19)30(41)37-24(14-18-8-4-3-5-9-18)29(40)36-13-7-12-26(36)32(37,42)43-31/h3-6,8-11,19,21,23-24,26,42H,7,12-17,33H2,1-2H3,(H,34,39). The van der Waals surface area contributed by atoms with Crippen molar-refractivity contribution in [3.05, 3.63) is 65.2 Å². The molecule has 7 rings (SSSR count). The summed E-state index contributed by atoms with van der Waals surface area (Å²) in [4.78, 5) is 59.5. The summed E-state index contributed by atoms with van der Waals surface area (Å²) in [7, 11) is 1.90. The number of hydrogen-bond acceptors (Lipinski definition) is 8. The number of anilines is 1. The highest BCUT2D eigenvalue weighted by Gasteiger charge is 2.70. The van der Waals surface area contributed by atoms with Crippen molar-refractivity contribution in [1.82, 2.24) is 20.0 Å². The molecule has 2 aromatic carbocycles. The third kappa shape index (κ3) is 4.20. The normalized spacial score (nSPS) is 35.3. The summed E-state index contributed by atoms with van der Waals surface area (Å²) in [6, 6.07) is 13.1. The molecule has 43 heavy (non-hydrogen) atoms. The maximum atomic E-state index is 14.1. The highest BCUT2D eigenvalue weighted by atomic mass is 16.7. The van der Waals surface area contributed by atoms with Gasteiger partial charge >= 0.3 is 0 Å². The summed E-state index contributed by atoms with van der Waals surface area (Å²) in [5.74, 6) is -3.93. The number of nitrogens with two attached hydrogens (primary N) is 1. The highest BCUT2D eigenvalue weighted by molar-refractivity contribution is 6.04. The summed E-state index contributed by atoms with van der Waals surface area (Å²) < 4.78 is 6.20. The van der Waals surface area contributed by atoms with E-state index in [4.69, 9.17) is 10.5 Å². The van der Waals surface area contributed by atoms with Gasteiger partial charge in [-0.05, 0) is 50.4 Å².